The maximum atomic E-state index is 11.1. The SMILES string of the molecule is CCC(CC)C(O)CNCc1ccc(C(N)=O)cc1C. The van der Waals surface area contributed by atoms with E-state index in [1.807, 2.05) is 13.0 Å². The molecule has 1 aromatic carbocycles. The predicted molar refractivity (Wildman–Crippen MR) is 81.5 cm³/mol. The summed E-state index contributed by atoms with van der Waals surface area (Å²) in [5.41, 5.74) is 7.93. The van der Waals surface area contributed by atoms with Crippen LogP contribution in [-0.4, -0.2) is 23.7 Å². The van der Waals surface area contributed by atoms with E-state index >= 15 is 0 Å². The molecule has 0 fully saturated rings. The van der Waals surface area contributed by atoms with Crippen molar-refractivity contribution >= 4 is 5.91 Å². The molecule has 0 aliphatic rings. The Bertz CT molecular complexity index is 442. The standard InChI is InChI=1S/C16H26N2O2/c1-4-12(5-2)15(19)10-18-9-14-7-6-13(16(17)20)8-11(14)3/h6-8,12,15,18-19H,4-5,9-10H2,1-3H3,(H2,17,20). The number of nitrogens with one attached hydrogen (secondary N) is 1. The van der Waals surface area contributed by atoms with Crippen molar-refractivity contribution in [3.05, 3.63) is 34.9 Å². The Balaban J connectivity index is 2.52. The van der Waals surface area contributed by atoms with Crippen molar-refractivity contribution in [2.75, 3.05) is 6.54 Å². The normalized spacial score (nSPS) is 12.7. The van der Waals surface area contributed by atoms with E-state index in [0.717, 1.165) is 24.0 Å². The molecule has 1 aromatic rings. The lowest BCUT2D eigenvalue weighted by atomic mass is 9.96. The molecule has 0 heterocycles. The van der Waals surface area contributed by atoms with Gasteiger partial charge in [0.05, 0.1) is 6.10 Å². The van der Waals surface area contributed by atoms with Crippen LogP contribution >= 0.6 is 0 Å². The van der Waals surface area contributed by atoms with E-state index in [2.05, 4.69) is 19.2 Å². The van der Waals surface area contributed by atoms with E-state index in [4.69, 9.17) is 5.73 Å². The fourth-order valence-corrected chi connectivity index (χ4v) is 2.40. The predicted octanol–water partition coefficient (Wildman–Crippen LogP) is 1.98. The van der Waals surface area contributed by atoms with E-state index in [0.29, 0.717) is 24.6 Å². The van der Waals surface area contributed by atoms with E-state index in [-0.39, 0.29) is 6.10 Å². The fraction of sp³-hybridized carbons (Fsp3) is 0.562. The van der Waals surface area contributed by atoms with Crippen molar-refractivity contribution in [2.24, 2.45) is 11.7 Å². The molecule has 0 bridgehead atoms. The summed E-state index contributed by atoms with van der Waals surface area (Å²) in [6, 6.07) is 5.45. The van der Waals surface area contributed by atoms with Crippen molar-refractivity contribution < 1.29 is 9.90 Å². The van der Waals surface area contributed by atoms with Crippen molar-refractivity contribution in [3.8, 4) is 0 Å². The largest absolute Gasteiger partial charge is 0.392 e. The highest BCUT2D eigenvalue weighted by atomic mass is 16.3. The molecule has 0 spiro atoms. The van der Waals surface area contributed by atoms with Gasteiger partial charge >= 0.3 is 0 Å². The van der Waals surface area contributed by atoms with E-state index < -0.39 is 5.91 Å². The Morgan fingerprint density at radius 3 is 2.50 bits per heavy atom. The molecule has 0 aromatic heterocycles. The maximum absolute atomic E-state index is 11.1. The number of hydrogen-bond acceptors (Lipinski definition) is 3. The van der Waals surface area contributed by atoms with Crippen molar-refractivity contribution in [1.29, 1.82) is 0 Å². The molecule has 1 unspecified atom stereocenters. The quantitative estimate of drug-likeness (QED) is 0.680. The van der Waals surface area contributed by atoms with Crippen LogP contribution < -0.4 is 11.1 Å². The third-order valence-corrected chi connectivity index (χ3v) is 3.89. The number of primary amides is 1. The zero-order valence-electron chi connectivity index (χ0n) is 12.6. The first-order valence-electron chi connectivity index (χ1n) is 7.27. The third-order valence-electron chi connectivity index (χ3n) is 3.89. The molecular formula is C16H26N2O2. The molecule has 20 heavy (non-hydrogen) atoms. The number of carbonyl (C=O) groups excluding carboxylic acids is 1. The minimum Gasteiger partial charge on any atom is -0.392 e. The van der Waals surface area contributed by atoms with Crippen LogP contribution in [0.2, 0.25) is 0 Å². The maximum Gasteiger partial charge on any atom is 0.248 e. The molecule has 4 heteroatoms. The van der Waals surface area contributed by atoms with Gasteiger partial charge in [0, 0.05) is 18.7 Å². The van der Waals surface area contributed by atoms with Gasteiger partial charge in [-0.25, -0.2) is 0 Å². The highest BCUT2D eigenvalue weighted by Gasteiger charge is 2.14. The van der Waals surface area contributed by atoms with Crippen molar-refractivity contribution in [1.82, 2.24) is 5.32 Å². The highest BCUT2D eigenvalue weighted by molar-refractivity contribution is 5.93. The summed E-state index contributed by atoms with van der Waals surface area (Å²) in [7, 11) is 0. The number of amides is 1. The number of carbonyl (C=O) groups is 1. The average molecular weight is 278 g/mol. The van der Waals surface area contributed by atoms with Gasteiger partial charge in [-0.05, 0) is 36.1 Å². The first-order chi connectivity index (χ1) is 9.49. The number of rotatable bonds is 8. The molecule has 0 saturated carbocycles. The van der Waals surface area contributed by atoms with E-state index in [1.54, 1.807) is 12.1 Å². The van der Waals surface area contributed by atoms with Crippen LogP contribution in [0.3, 0.4) is 0 Å². The summed E-state index contributed by atoms with van der Waals surface area (Å²) < 4.78 is 0. The Morgan fingerprint density at radius 1 is 1.35 bits per heavy atom. The molecule has 1 amide bonds. The van der Waals surface area contributed by atoms with Gasteiger partial charge in [0.25, 0.3) is 0 Å². The molecule has 1 atom stereocenters. The molecule has 0 radical (unpaired) electrons. The summed E-state index contributed by atoms with van der Waals surface area (Å²) in [6.45, 7) is 7.43. The zero-order valence-corrected chi connectivity index (χ0v) is 12.6. The second-order valence-corrected chi connectivity index (χ2v) is 5.28. The summed E-state index contributed by atoms with van der Waals surface area (Å²) in [6.07, 6.45) is 1.67. The molecule has 0 aliphatic carbocycles. The summed E-state index contributed by atoms with van der Waals surface area (Å²) >= 11 is 0. The fourth-order valence-electron chi connectivity index (χ4n) is 2.40. The van der Waals surface area contributed by atoms with Crippen LogP contribution in [-0.2, 0) is 6.54 Å². The van der Waals surface area contributed by atoms with Crippen LogP contribution in [0.5, 0.6) is 0 Å². The molecule has 112 valence electrons. The van der Waals surface area contributed by atoms with Gasteiger partial charge in [0.15, 0.2) is 0 Å². The Labute approximate surface area is 121 Å². The van der Waals surface area contributed by atoms with Gasteiger partial charge < -0.3 is 16.2 Å². The molecule has 4 N–H and O–H groups in total. The number of nitrogens with two attached hydrogens (primary N) is 1. The topological polar surface area (TPSA) is 75.3 Å². The van der Waals surface area contributed by atoms with Gasteiger partial charge in [-0.1, -0.05) is 32.8 Å². The van der Waals surface area contributed by atoms with Gasteiger partial charge in [-0.2, -0.15) is 0 Å². The number of aliphatic hydroxyl groups excluding tert-OH is 1. The average Bonchev–Trinajstić information content (AvgIpc) is 2.41. The van der Waals surface area contributed by atoms with Crippen molar-refractivity contribution in [2.45, 2.75) is 46.3 Å². The minimum atomic E-state index is -0.406. The third kappa shape index (κ3) is 4.62. The van der Waals surface area contributed by atoms with Crippen LogP contribution in [0.25, 0.3) is 0 Å². The van der Waals surface area contributed by atoms with Crippen LogP contribution in [0, 0.1) is 12.8 Å². The van der Waals surface area contributed by atoms with Gasteiger partial charge in [0.2, 0.25) is 5.91 Å². The molecule has 4 nitrogen and oxygen atoms in total. The Kier molecular flexibility index (Phi) is 6.68. The van der Waals surface area contributed by atoms with Crippen molar-refractivity contribution in [3.63, 3.8) is 0 Å². The first kappa shape index (κ1) is 16.7. The second-order valence-electron chi connectivity index (χ2n) is 5.28. The second kappa shape index (κ2) is 8.02. The number of aliphatic hydroxyl groups is 1. The van der Waals surface area contributed by atoms with E-state index in [9.17, 15) is 9.90 Å². The van der Waals surface area contributed by atoms with E-state index in [1.165, 1.54) is 0 Å². The summed E-state index contributed by atoms with van der Waals surface area (Å²) in [5.74, 6) is -0.0578. The molecule has 1 rings (SSSR count). The summed E-state index contributed by atoms with van der Waals surface area (Å²) in [5, 5.41) is 13.3. The zero-order chi connectivity index (χ0) is 15.1. The minimum absolute atomic E-state index is 0.310. The molecule has 0 aliphatic heterocycles. The lowest BCUT2D eigenvalue weighted by Gasteiger charge is -2.20. The number of benzene rings is 1. The van der Waals surface area contributed by atoms with Crippen LogP contribution in [0.4, 0.5) is 0 Å². The van der Waals surface area contributed by atoms with Gasteiger partial charge in [-0.3, -0.25) is 4.79 Å². The van der Waals surface area contributed by atoms with Crippen LogP contribution in [0.1, 0.15) is 48.2 Å². The van der Waals surface area contributed by atoms with Crippen LogP contribution in [0.15, 0.2) is 18.2 Å². The lowest BCUT2D eigenvalue weighted by Crippen LogP contribution is -2.32. The smallest absolute Gasteiger partial charge is 0.248 e. The Hall–Kier alpha value is -1.39. The number of hydrogen-bond donors (Lipinski definition) is 3. The monoisotopic (exact) mass is 278 g/mol. The van der Waals surface area contributed by atoms with Gasteiger partial charge in [-0.15, -0.1) is 0 Å². The first-order valence-corrected chi connectivity index (χ1v) is 7.27. The van der Waals surface area contributed by atoms with Gasteiger partial charge in [0.1, 0.15) is 0 Å². The highest BCUT2D eigenvalue weighted by Crippen LogP contribution is 2.13. The summed E-state index contributed by atoms with van der Waals surface area (Å²) in [4.78, 5) is 11.1. The molecule has 0 saturated heterocycles. The Morgan fingerprint density at radius 2 is 2.00 bits per heavy atom. The number of aryl methyl sites for hydroxylation is 1. The lowest BCUT2D eigenvalue weighted by molar-refractivity contribution is 0.0999. The molecular weight excluding hydrogens is 252 g/mol.